The van der Waals surface area contributed by atoms with Gasteiger partial charge in [-0.05, 0) is 13.0 Å². The molecule has 0 atom stereocenters. The predicted molar refractivity (Wildman–Crippen MR) is 43.1 cm³/mol. The molecule has 0 saturated carbocycles. The summed E-state index contributed by atoms with van der Waals surface area (Å²) in [7, 11) is 0. The number of aromatic nitrogens is 1. The monoisotopic (exact) mass is 147 g/mol. The van der Waals surface area contributed by atoms with Crippen LogP contribution in [0, 0.1) is 11.3 Å². The maximum absolute atomic E-state index is 8.63. The molecule has 0 spiro atoms. The smallest absolute Gasteiger partial charge is 0.101 e. The van der Waals surface area contributed by atoms with E-state index in [1.54, 1.807) is 18.5 Å². The molecular formula is C8H9N3. The lowest BCUT2D eigenvalue weighted by molar-refractivity contribution is 1.18. The minimum Gasteiger partial charge on any atom is -0.383 e. The summed E-state index contributed by atoms with van der Waals surface area (Å²) < 4.78 is 0. The van der Waals surface area contributed by atoms with Gasteiger partial charge in [0.1, 0.15) is 6.07 Å². The minimum atomic E-state index is 0.641. The largest absolute Gasteiger partial charge is 0.383 e. The average Bonchev–Trinajstić information content (AvgIpc) is 2.06. The molecule has 1 rings (SSSR count). The van der Waals surface area contributed by atoms with Crippen LogP contribution in [-0.4, -0.2) is 11.5 Å². The summed E-state index contributed by atoms with van der Waals surface area (Å²) in [6, 6.07) is 3.77. The van der Waals surface area contributed by atoms with Gasteiger partial charge in [0, 0.05) is 12.7 Å². The Balaban J connectivity index is 2.95. The molecule has 1 aromatic rings. The molecule has 3 heteroatoms. The molecular weight excluding hydrogens is 138 g/mol. The number of anilines is 1. The molecule has 0 radical (unpaired) electrons. The van der Waals surface area contributed by atoms with Crippen molar-refractivity contribution < 1.29 is 0 Å². The summed E-state index contributed by atoms with van der Waals surface area (Å²) in [5.74, 6) is 0. The second kappa shape index (κ2) is 3.57. The molecule has 1 heterocycles. The maximum atomic E-state index is 8.63. The van der Waals surface area contributed by atoms with Crippen molar-refractivity contribution >= 4 is 5.69 Å². The van der Waals surface area contributed by atoms with Gasteiger partial charge in [-0.2, -0.15) is 5.26 Å². The summed E-state index contributed by atoms with van der Waals surface area (Å²) >= 11 is 0. The Morgan fingerprint density at radius 3 is 3.18 bits per heavy atom. The van der Waals surface area contributed by atoms with E-state index in [-0.39, 0.29) is 0 Å². The second-order valence-corrected chi connectivity index (χ2v) is 2.06. The van der Waals surface area contributed by atoms with Gasteiger partial charge in [0.05, 0.1) is 17.4 Å². The fourth-order valence-electron chi connectivity index (χ4n) is 0.823. The van der Waals surface area contributed by atoms with Gasteiger partial charge in [0.25, 0.3) is 0 Å². The first kappa shape index (κ1) is 7.55. The van der Waals surface area contributed by atoms with Crippen LogP contribution < -0.4 is 5.32 Å². The molecule has 1 aromatic heterocycles. The van der Waals surface area contributed by atoms with Crippen LogP contribution in [0.1, 0.15) is 12.5 Å². The van der Waals surface area contributed by atoms with Crippen molar-refractivity contribution in [3.05, 3.63) is 24.0 Å². The Hall–Kier alpha value is -1.56. The van der Waals surface area contributed by atoms with Crippen molar-refractivity contribution in [2.75, 3.05) is 11.9 Å². The van der Waals surface area contributed by atoms with Crippen LogP contribution in [0.25, 0.3) is 0 Å². The summed E-state index contributed by atoms with van der Waals surface area (Å²) in [5.41, 5.74) is 1.44. The number of hydrogen-bond donors (Lipinski definition) is 1. The van der Waals surface area contributed by atoms with Crippen molar-refractivity contribution in [1.29, 1.82) is 5.26 Å². The van der Waals surface area contributed by atoms with E-state index < -0.39 is 0 Å². The average molecular weight is 147 g/mol. The molecule has 0 fully saturated rings. The molecule has 0 saturated heterocycles. The minimum absolute atomic E-state index is 0.641. The Kier molecular flexibility index (Phi) is 2.45. The van der Waals surface area contributed by atoms with Crippen LogP contribution in [0.5, 0.6) is 0 Å². The zero-order valence-corrected chi connectivity index (χ0v) is 6.33. The SMILES string of the molecule is CCNc1cnccc1C#N. The molecule has 0 amide bonds. The van der Waals surface area contributed by atoms with E-state index in [4.69, 9.17) is 5.26 Å². The van der Waals surface area contributed by atoms with E-state index in [0.717, 1.165) is 12.2 Å². The van der Waals surface area contributed by atoms with Crippen LogP contribution in [-0.2, 0) is 0 Å². The maximum Gasteiger partial charge on any atom is 0.101 e. The summed E-state index contributed by atoms with van der Waals surface area (Å²) in [4.78, 5) is 3.90. The summed E-state index contributed by atoms with van der Waals surface area (Å²) in [5, 5.41) is 11.7. The van der Waals surface area contributed by atoms with Gasteiger partial charge < -0.3 is 5.32 Å². The number of nitrogens with one attached hydrogen (secondary N) is 1. The molecule has 0 bridgehead atoms. The van der Waals surface area contributed by atoms with Gasteiger partial charge >= 0.3 is 0 Å². The highest BCUT2D eigenvalue weighted by atomic mass is 14.9. The van der Waals surface area contributed by atoms with E-state index >= 15 is 0 Å². The summed E-state index contributed by atoms with van der Waals surface area (Å²) in [6.45, 7) is 2.79. The van der Waals surface area contributed by atoms with E-state index in [9.17, 15) is 0 Å². The molecule has 0 aliphatic carbocycles. The Labute approximate surface area is 65.7 Å². The Morgan fingerprint density at radius 1 is 1.73 bits per heavy atom. The standard InChI is InChI=1S/C8H9N3/c1-2-11-8-6-10-4-3-7(8)5-9/h3-4,6,11H,2H2,1H3. The molecule has 0 aromatic carbocycles. The van der Waals surface area contributed by atoms with Crippen LogP contribution in [0.4, 0.5) is 5.69 Å². The van der Waals surface area contributed by atoms with Crippen molar-refractivity contribution in [3.63, 3.8) is 0 Å². The van der Waals surface area contributed by atoms with Gasteiger partial charge in [-0.25, -0.2) is 0 Å². The van der Waals surface area contributed by atoms with Crippen LogP contribution >= 0.6 is 0 Å². The predicted octanol–water partition coefficient (Wildman–Crippen LogP) is 1.39. The molecule has 0 aliphatic heterocycles. The zero-order valence-electron chi connectivity index (χ0n) is 6.33. The molecule has 56 valence electrons. The van der Waals surface area contributed by atoms with Gasteiger partial charge in [0.15, 0.2) is 0 Å². The lowest BCUT2D eigenvalue weighted by Gasteiger charge is -2.02. The number of pyridine rings is 1. The van der Waals surface area contributed by atoms with Crippen LogP contribution in [0.3, 0.4) is 0 Å². The van der Waals surface area contributed by atoms with Gasteiger partial charge in [-0.3, -0.25) is 4.98 Å². The van der Waals surface area contributed by atoms with Crippen molar-refractivity contribution in [2.45, 2.75) is 6.92 Å². The van der Waals surface area contributed by atoms with Crippen molar-refractivity contribution in [3.8, 4) is 6.07 Å². The fraction of sp³-hybridized carbons (Fsp3) is 0.250. The highest BCUT2D eigenvalue weighted by molar-refractivity contribution is 5.55. The third kappa shape index (κ3) is 1.68. The number of nitrogens with zero attached hydrogens (tertiary/aromatic N) is 2. The quantitative estimate of drug-likeness (QED) is 0.687. The first-order valence-electron chi connectivity index (χ1n) is 3.46. The number of hydrogen-bond acceptors (Lipinski definition) is 3. The van der Waals surface area contributed by atoms with Gasteiger partial charge in [0.2, 0.25) is 0 Å². The van der Waals surface area contributed by atoms with Gasteiger partial charge in [-0.1, -0.05) is 0 Å². The third-order valence-corrected chi connectivity index (χ3v) is 1.31. The van der Waals surface area contributed by atoms with E-state index in [0.29, 0.717) is 5.56 Å². The molecule has 0 aliphatic rings. The molecule has 11 heavy (non-hydrogen) atoms. The molecule has 3 nitrogen and oxygen atoms in total. The second-order valence-electron chi connectivity index (χ2n) is 2.06. The zero-order chi connectivity index (χ0) is 8.10. The topological polar surface area (TPSA) is 48.7 Å². The Bertz CT molecular complexity index is 275. The Morgan fingerprint density at radius 2 is 2.55 bits per heavy atom. The molecule has 0 unspecified atom stereocenters. The normalized spacial score (nSPS) is 8.73. The van der Waals surface area contributed by atoms with Crippen LogP contribution in [0.15, 0.2) is 18.5 Å². The lowest BCUT2D eigenvalue weighted by Crippen LogP contribution is -1.98. The van der Waals surface area contributed by atoms with Crippen molar-refractivity contribution in [1.82, 2.24) is 4.98 Å². The molecule has 1 N–H and O–H groups in total. The number of rotatable bonds is 2. The van der Waals surface area contributed by atoms with Gasteiger partial charge in [-0.15, -0.1) is 0 Å². The highest BCUT2D eigenvalue weighted by Gasteiger charge is 1.96. The fourth-order valence-corrected chi connectivity index (χ4v) is 0.823. The van der Waals surface area contributed by atoms with Crippen LogP contribution in [0.2, 0.25) is 0 Å². The third-order valence-electron chi connectivity index (χ3n) is 1.31. The van der Waals surface area contributed by atoms with E-state index in [1.165, 1.54) is 0 Å². The highest BCUT2D eigenvalue weighted by Crippen LogP contribution is 2.10. The van der Waals surface area contributed by atoms with E-state index in [2.05, 4.69) is 16.4 Å². The summed E-state index contributed by atoms with van der Waals surface area (Å²) in [6.07, 6.45) is 3.27. The van der Waals surface area contributed by atoms with E-state index in [1.807, 2.05) is 6.92 Å². The first-order chi connectivity index (χ1) is 5.38. The van der Waals surface area contributed by atoms with Crippen molar-refractivity contribution in [2.24, 2.45) is 0 Å². The first-order valence-corrected chi connectivity index (χ1v) is 3.46. The number of nitriles is 1. The lowest BCUT2D eigenvalue weighted by atomic mass is 10.2.